The van der Waals surface area contributed by atoms with Gasteiger partial charge >= 0.3 is 0 Å². The second kappa shape index (κ2) is 6.81. The van der Waals surface area contributed by atoms with Crippen molar-refractivity contribution in [3.63, 3.8) is 0 Å². The van der Waals surface area contributed by atoms with Crippen LogP contribution in [-0.4, -0.2) is 19.0 Å². The van der Waals surface area contributed by atoms with E-state index in [1.54, 1.807) is 6.07 Å². The molecule has 1 amide bonds. The number of anilines is 2. The van der Waals surface area contributed by atoms with Crippen molar-refractivity contribution in [2.45, 2.75) is 19.8 Å². The molecule has 1 heterocycles. The van der Waals surface area contributed by atoms with E-state index in [2.05, 4.69) is 22.3 Å². The summed E-state index contributed by atoms with van der Waals surface area (Å²) in [6, 6.07) is 11.8. The Bertz CT molecular complexity index is 746. The molecule has 0 bridgehead atoms. The van der Waals surface area contributed by atoms with Crippen molar-refractivity contribution in [3.05, 3.63) is 57.6 Å². The number of nitrogens with zero attached hydrogens (tertiary/aromatic N) is 1. The number of hydrogen-bond donors (Lipinski definition) is 1. The Labute approximate surface area is 146 Å². The first kappa shape index (κ1) is 16.2. The molecule has 0 radical (unpaired) electrons. The summed E-state index contributed by atoms with van der Waals surface area (Å²) in [6.07, 6.45) is 2.11. The van der Waals surface area contributed by atoms with E-state index in [9.17, 15) is 4.79 Å². The van der Waals surface area contributed by atoms with Gasteiger partial charge in [-0.05, 0) is 43.0 Å². The summed E-state index contributed by atoms with van der Waals surface area (Å²) in [7, 11) is 0. The van der Waals surface area contributed by atoms with Crippen molar-refractivity contribution in [3.8, 4) is 0 Å². The van der Waals surface area contributed by atoms with Crippen molar-refractivity contribution < 1.29 is 4.79 Å². The molecule has 5 heteroatoms. The fourth-order valence-electron chi connectivity index (χ4n) is 2.90. The third-order valence-corrected chi connectivity index (χ3v) is 4.89. The molecule has 120 valence electrons. The van der Waals surface area contributed by atoms with E-state index in [1.807, 2.05) is 25.1 Å². The van der Waals surface area contributed by atoms with Gasteiger partial charge in [-0.1, -0.05) is 47.5 Å². The van der Waals surface area contributed by atoms with Crippen molar-refractivity contribution in [1.82, 2.24) is 0 Å². The van der Waals surface area contributed by atoms with Crippen LogP contribution in [0.1, 0.15) is 17.5 Å². The molecule has 0 saturated heterocycles. The number of carbonyl (C=O) groups excluding carboxylic acids is 1. The van der Waals surface area contributed by atoms with Gasteiger partial charge < -0.3 is 10.2 Å². The van der Waals surface area contributed by atoms with Gasteiger partial charge in [0.25, 0.3) is 0 Å². The maximum absolute atomic E-state index is 12.4. The van der Waals surface area contributed by atoms with Crippen LogP contribution in [0.25, 0.3) is 0 Å². The van der Waals surface area contributed by atoms with E-state index in [4.69, 9.17) is 23.2 Å². The van der Waals surface area contributed by atoms with Crippen molar-refractivity contribution >= 4 is 40.5 Å². The highest BCUT2D eigenvalue weighted by molar-refractivity contribution is 6.40. The van der Waals surface area contributed by atoms with Gasteiger partial charge in [0, 0.05) is 12.2 Å². The summed E-state index contributed by atoms with van der Waals surface area (Å²) in [4.78, 5) is 14.5. The smallest absolute Gasteiger partial charge is 0.243 e. The molecule has 1 aliphatic heterocycles. The first-order valence-electron chi connectivity index (χ1n) is 7.63. The van der Waals surface area contributed by atoms with Crippen LogP contribution < -0.4 is 10.2 Å². The molecule has 0 saturated carbocycles. The van der Waals surface area contributed by atoms with Crippen LogP contribution in [0.4, 0.5) is 11.4 Å². The number of rotatable bonds is 3. The van der Waals surface area contributed by atoms with Gasteiger partial charge in [-0.2, -0.15) is 0 Å². The predicted molar refractivity (Wildman–Crippen MR) is 96.8 cm³/mol. The second-order valence-corrected chi connectivity index (χ2v) is 6.54. The average Bonchev–Trinajstić information content (AvgIpc) is 2.55. The topological polar surface area (TPSA) is 32.3 Å². The molecule has 1 aliphatic rings. The Balaban J connectivity index is 1.75. The molecule has 0 unspecified atom stereocenters. The van der Waals surface area contributed by atoms with Gasteiger partial charge in [-0.3, -0.25) is 4.79 Å². The molecule has 2 aromatic carbocycles. The molecule has 0 aromatic heterocycles. The van der Waals surface area contributed by atoms with Crippen LogP contribution in [0.5, 0.6) is 0 Å². The molecule has 0 atom stereocenters. The third kappa shape index (κ3) is 3.46. The number of fused-ring (bicyclic) bond motifs is 1. The van der Waals surface area contributed by atoms with Crippen LogP contribution in [0.3, 0.4) is 0 Å². The highest BCUT2D eigenvalue weighted by Gasteiger charge is 2.19. The molecular weight excluding hydrogens is 331 g/mol. The zero-order valence-corrected chi connectivity index (χ0v) is 14.4. The standard InChI is InChI=1S/C18H18Cl2N2O/c1-12-8-9-14(19)18(17(12)20)21-16(23)11-22-10-4-6-13-5-2-3-7-15(13)22/h2-3,5,7-9H,4,6,10-11H2,1H3,(H,21,23). The fraction of sp³-hybridized carbons (Fsp3) is 0.278. The molecule has 0 aliphatic carbocycles. The SMILES string of the molecule is Cc1ccc(Cl)c(NC(=O)CN2CCCc3ccccc32)c1Cl. The largest absolute Gasteiger partial charge is 0.362 e. The van der Waals surface area contributed by atoms with Crippen LogP contribution >= 0.6 is 23.2 Å². The molecule has 3 nitrogen and oxygen atoms in total. The van der Waals surface area contributed by atoms with E-state index in [-0.39, 0.29) is 12.5 Å². The van der Waals surface area contributed by atoms with Gasteiger partial charge in [0.1, 0.15) is 0 Å². The Morgan fingerprint density at radius 2 is 2.00 bits per heavy atom. The minimum absolute atomic E-state index is 0.115. The highest BCUT2D eigenvalue weighted by Crippen LogP contribution is 2.33. The fourth-order valence-corrected chi connectivity index (χ4v) is 3.36. The second-order valence-electron chi connectivity index (χ2n) is 5.76. The Hall–Kier alpha value is -1.71. The van der Waals surface area contributed by atoms with E-state index >= 15 is 0 Å². The summed E-state index contributed by atoms with van der Waals surface area (Å²) >= 11 is 12.4. The van der Waals surface area contributed by atoms with Gasteiger partial charge in [0.05, 0.1) is 22.3 Å². The number of carbonyl (C=O) groups is 1. The number of para-hydroxylation sites is 1. The lowest BCUT2D eigenvalue weighted by molar-refractivity contribution is -0.115. The zero-order valence-electron chi connectivity index (χ0n) is 12.9. The zero-order chi connectivity index (χ0) is 16.4. The molecule has 0 spiro atoms. The van der Waals surface area contributed by atoms with E-state index in [0.717, 1.165) is 30.6 Å². The van der Waals surface area contributed by atoms with E-state index < -0.39 is 0 Å². The number of nitrogens with one attached hydrogen (secondary N) is 1. The molecule has 3 rings (SSSR count). The Kier molecular flexibility index (Phi) is 4.79. The van der Waals surface area contributed by atoms with Crippen LogP contribution in [0.2, 0.25) is 10.0 Å². The number of benzene rings is 2. The van der Waals surface area contributed by atoms with Gasteiger partial charge in [-0.25, -0.2) is 0 Å². The summed E-state index contributed by atoms with van der Waals surface area (Å²) < 4.78 is 0. The molecule has 2 aromatic rings. The first-order valence-corrected chi connectivity index (χ1v) is 8.39. The van der Waals surface area contributed by atoms with Crippen molar-refractivity contribution in [2.75, 3.05) is 23.3 Å². The maximum atomic E-state index is 12.4. The maximum Gasteiger partial charge on any atom is 0.243 e. The molecule has 23 heavy (non-hydrogen) atoms. The van der Waals surface area contributed by atoms with Gasteiger partial charge in [-0.15, -0.1) is 0 Å². The van der Waals surface area contributed by atoms with Gasteiger partial charge in [0.2, 0.25) is 5.91 Å². The van der Waals surface area contributed by atoms with E-state index in [0.29, 0.717) is 15.7 Å². The normalized spacial score (nSPS) is 13.6. The Morgan fingerprint density at radius 3 is 2.83 bits per heavy atom. The van der Waals surface area contributed by atoms with Crippen LogP contribution in [-0.2, 0) is 11.2 Å². The van der Waals surface area contributed by atoms with Crippen LogP contribution in [0, 0.1) is 6.92 Å². The number of halogens is 2. The minimum Gasteiger partial charge on any atom is -0.362 e. The molecular formula is C18H18Cl2N2O. The summed E-state index contributed by atoms with van der Waals surface area (Å²) in [5.74, 6) is -0.115. The summed E-state index contributed by atoms with van der Waals surface area (Å²) in [5.41, 5.74) is 3.80. The Morgan fingerprint density at radius 1 is 1.22 bits per heavy atom. The molecule has 0 fully saturated rings. The number of aryl methyl sites for hydroxylation is 2. The number of hydrogen-bond acceptors (Lipinski definition) is 2. The lowest BCUT2D eigenvalue weighted by atomic mass is 10.0. The quantitative estimate of drug-likeness (QED) is 0.872. The lowest BCUT2D eigenvalue weighted by Gasteiger charge is -2.30. The third-order valence-electron chi connectivity index (χ3n) is 4.09. The summed E-state index contributed by atoms with van der Waals surface area (Å²) in [6.45, 7) is 3.05. The average molecular weight is 349 g/mol. The first-order chi connectivity index (χ1) is 11.1. The highest BCUT2D eigenvalue weighted by atomic mass is 35.5. The van der Waals surface area contributed by atoms with Crippen LogP contribution in [0.15, 0.2) is 36.4 Å². The van der Waals surface area contributed by atoms with Gasteiger partial charge in [0.15, 0.2) is 0 Å². The molecule has 1 N–H and O–H groups in total. The predicted octanol–water partition coefficient (Wildman–Crippen LogP) is 4.69. The number of amides is 1. The lowest BCUT2D eigenvalue weighted by Crippen LogP contribution is -2.36. The van der Waals surface area contributed by atoms with E-state index in [1.165, 1.54) is 5.56 Å². The van der Waals surface area contributed by atoms with Crippen molar-refractivity contribution in [2.24, 2.45) is 0 Å². The monoisotopic (exact) mass is 348 g/mol. The van der Waals surface area contributed by atoms with Crippen molar-refractivity contribution in [1.29, 1.82) is 0 Å². The minimum atomic E-state index is -0.115. The summed E-state index contributed by atoms with van der Waals surface area (Å²) in [5, 5.41) is 3.80.